The molecular formula is C8H14N4O4. The van der Waals surface area contributed by atoms with Gasteiger partial charge in [-0.15, -0.1) is 0 Å². The number of aryl methyl sites for hydroxylation is 1. The Hall–Kier alpha value is -1.67. The number of aliphatic hydroxyl groups is 2. The number of hydrogen-bond acceptors (Lipinski definition) is 6. The fourth-order valence-electron chi connectivity index (χ4n) is 1.20. The highest BCUT2D eigenvalue weighted by Crippen LogP contribution is 2.23. The van der Waals surface area contributed by atoms with Crippen molar-refractivity contribution < 1.29 is 15.1 Å². The third-order valence-electron chi connectivity index (χ3n) is 2.19. The Morgan fingerprint density at radius 1 is 1.69 bits per heavy atom. The van der Waals surface area contributed by atoms with Gasteiger partial charge < -0.3 is 25.6 Å². The van der Waals surface area contributed by atoms with Gasteiger partial charge in [0.1, 0.15) is 0 Å². The van der Waals surface area contributed by atoms with E-state index in [1.54, 1.807) is 14.0 Å². The number of rotatable bonds is 5. The highest BCUT2D eigenvalue weighted by Gasteiger charge is 2.23. The fourth-order valence-corrected chi connectivity index (χ4v) is 1.20. The molecule has 0 saturated heterocycles. The van der Waals surface area contributed by atoms with Crippen molar-refractivity contribution in [3.63, 3.8) is 0 Å². The smallest absolute Gasteiger partial charge is 0.394 e. The lowest BCUT2D eigenvalue weighted by molar-refractivity contribution is -0.388. The maximum Gasteiger partial charge on any atom is 0.406 e. The van der Waals surface area contributed by atoms with E-state index in [4.69, 9.17) is 10.2 Å². The third kappa shape index (κ3) is 2.47. The third-order valence-corrected chi connectivity index (χ3v) is 2.19. The van der Waals surface area contributed by atoms with Gasteiger partial charge in [0.2, 0.25) is 11.6 Å². The van der Waals surface area contributed by atoms with Gasteiger partial charge in [-0.25, -0.2) is 0 Å². The van der Waals surface area contributed by atoms with Gasteiger partial charge in [0, 0.05) is 20.5 Å². The van der Waals surface area contributed by atoms with Gasteiger partial charge in [-0.3, -0.25) is 4.57 Å². The monoisotopic (exact) mass is 230 g/mol. The van der Waals surface area contributed by atoms with E-state index in [-0.39, 0.29) is 18.2 Å². The quantitative estimate of drug-likeness (QED) is 0.460. The Bertz CT molecular complexity index is 390. The van der Waals surface area contributed by atoms with Crippen LogP contribution in [0.1, 0.15) is 5.82 Å². The molecule has 0 amide bonds. The van der Waals surface area contributed by atoms with Gasteiger partial charge in [0.25, 0.3) is 0 Å². The van der Waals surface area contributed by atoms with Gasteiger partial charge in [-0.05, 0) is 9.91 Å². The molecule has 1 aromatic heterocycles. The normalized spacial score (nSPS) is 12.5. The molecule has 0 bridgehead atoms. The van der Waals surface area contributed by atoms with Gasteiger partial charge in [-0.2, -0.15) is 0 Å². The number of aromatic nitrogens is 2. The highest BCUT2D eigenvalue weighted by molar-refractivity contribution is 5.53. The second-order valence-electron chi connectivity index (χ2n) is 3.36. The lowest BCUT2D eigenvalue weighted by atomic mass is 10.4. The topological polar surface area (TPSA) is 113 Å². The number of anilines is 1. The predicted molar refractivity (Wildman–Crippen MR) is 56.2 cm³/mol. The Kier molecular flexibility index (Phi) is 3.80. The lowest BCUT2D eigenvalue weighted by Gasteiger charge is -2.09. The number of nitro groups is 1. The second-order valence-corrected chi connectivity index (χ2v) is 3.36. The summed E-state index contributed by atoms with van der Waals surface area (Å²) in [4.78, 5) is 13.9. The summed E-state index contributed by atoms with van der Waals surface area (Å²) >= 11 is 0. The largest absolute Gasteiger partial charge is 0.406 e. The SMILES string of the molecule is Cc1nc([N+](=O)[O-])c(NCC(O)CO)n1C. The first-order valence-corrected chi connectivity index (χ1v) is 4.67. The van der Waals surface area contributed by atoms with Crippen LogP contribution in [0.4, 0.5) is 11.6 Å². The van der Waals surface area contributed by atoms with E-state index in [0.29, 0.717) is 5.82 Å². The molecule has 0 aromatic carbocycles. The molecule has 1 atom stereocenters. The van der Waals surface area contributed by atoms with Gasteiger partial charge in [-0.1, -0.05) is 0 Å². The average molecular weight is 230 g/mol. The minimum absolute atomic E-state index is 0.0241. The summed E-state index contributed by atoms with van der Waals surface area (Å²) in [5, 5.41) is 31.1. The zero-order valence-electron chi connectivity index (χ0n) is 9.04. The number of nitrogens with one attached hydrogen (secondary N) is 1. The molecule has 0 fully saturated rings. The van der Waals surface area contributed by atoms with Crippen molar-refractivity contribution >= 4 is 11.6 Å². The molecule has 0 aliphatic heterocycles. The van der Waals surface area contributed by atoms with E-state index in [9.17, 15) is 10.1 Å². The van der Waals surface area contributed by atoms with E-state index in [1.807, 2.05) is 0 Å². The number of nitrogens with zero attached hydrogens (tertiary/aromatic N) is 3. The van der Waals surface area contributed by atoms with E-state index < -0.39 is 17.6 Å². The molecule has 0 aliphatic carbocycles. The van der Waals surface area contributed by atoms with Gasteiger partial charge in [0.05, 0.1) is 12.7 Å². The van der Waals surface area contributed by atoms with Crippen LogP contribution in [0.25, 0.3) is 0 Å². The summed E-state index contributed by atoms with van der Waals surface area (Å²) in [6.07, 6.45) is -0.963. The van der Waals surface area contributed by atoms with E-state index in [0.717, 1.165) is 0 Å². The molecule has 3 N–H and O–H groups in total. The van der Waals surface area contributed by atoms with E-state index in [2.05, 4.69) is 10.3 Å². The number of hydrogen-bond donors (Lipinski definition) is 3. The van der Waals surface area contributed by atoms with Crippen LogP contribution in [-0.2, 0) is 7.05 Å². The average Bonchev–Trinajstić information content (AvgIpc) is 2.53. The summed E-state index contributed by atoms with van der Waals surface area (Å²) in [6, 6.07) is 0. The van der Waals surface area contributed by atoms with Crippen molar-refractivity contribution in [2.75, 3.05) is 18.5 Å². The van der Waals surface area contributed by atoms with Crippen molar-refractivity contribution in [3.05, 3.63) is 15.9 Å². The van der Waals surface area contributed by atoms with Crippen LogP contribution < -0.4 is 5.32 Å². The van der Waals surface area contributed by atoms with Gasteiger partial charge in [0.15, 0.2) is 0 Å². The van der Waals surface area contributed by atoms with Crippen molar-refractivity contribution in [1.82, 2.24) is 9.55 Å². The van der Waals surface area contributed by atoms with Gasteiger partial charge >= 0.3 is 5.82 Å². The molecule has 16 heavy (non-hydrogen) atoms. The molecule has 90 valence electrons. The van der Waals surface area contributed by atoms with Crippen molar-refractivity contribution in [2.45, 2.75) is 13.0 Å². The minimum atomic E-state index is -0.963. The molecule has 0 spiro atoms. The van der Waals surface area contributed by atoms with Crippen LogP contribution >= 0.6 is 0 Å². The molecule has 1 aromatic rings. The van der Waals surface area contributed by atoms with E-state index >= 15 is 0 Å². The van der Waals surface area contributed by atoms with Crippen molar-refractivity contribution in [1.29, 1.82) is 0 Å². The molecule has 0 radical (unpaired) electrons. The lowest BCUT2D eigenvalue weighted by Crippen LogP contribution is -2.24. The van der Waals surface area contributed by atoms with Crippen molar-refractivity contribution in [3.8, 4) is 0 Å². The summed E-state index contributed by atoms with van der Waals surface area (Å²) in [7, 11) is 1.63. The number of imidazole rings is 1. The van der Waals surface area contributed by atoms with Crippen LogP contribution in [0.15, 0.2) is 0 Å². The molecule has 0 saturated carbocycles. The molecule has 1 unspecified atom stereocenters. The Labute approximate surface area is 91.7 Å². The molecule has 1 heterocycles. The Balaban J connectivity index is 2.89. The maximum atomic E-state index is 10.7. The standard InChI is InChI=1S/C8H14N4O4/c1-5-10-8(12(15)16)7(11(5)2)9-3-6(14)4-13/h6,9,13-14H,3-4H2,1-2H3. The van der Waals surface area contributed by atoms with Crippen LogP contribution in [0, 0.1) is 17.0 Å². The molecule has 8 nitrogen and oxygen atoms in total. The Morgan fingerprint density at radius 3 is 2.81 bits per heavy atom. The first kappa shape index (κ1) is 12.4. The van der Waals surface area contributed by atoms with Crippen LogP contribution in [0.3, 0.4) is 0 Å². The van der Waals surface area contributed by atoms with Crippen LogP contribution in [0.2, 0.25) is 0 Å². The molecular weight excluding hydrogens is 216 g/mol. The fraction of sp³-hybridized carbons (Fsp3) is 0.625. The van der Waals surface area contributed by atoms with E-state index in [1.165, 1.54) is 4.57 Å². The van der Waals surface area contributed by atoms with Crippen LogP contribution in [-0.4, -0.2) is 43.9 Å². The zero-order chi connectivity index (χ0) is 12.3. The predicted octanol–water partition coefficient (Wildman–Crippen LogP) is -0.598. The van der Waals surface area contributed by atoms with Crippen molar-refractivity contribution in [2.24, 2.45) is 7.05 Å². The highest BCUT2D eigenvalue weighted by atomic mass is 16.6. The van der Waals surface area contributed by atoms with Crippen LogP contribution in [0.5, 0.6) is 0 Å². The Morgan fingerprint density at radius 2 is 2.31 bits per heavy atom. The summed E-state index contributed by atoms with van der Waals surface area (Å²) in [5.41, 5.74) is 0. The molecule has 0 aliphatic rings. The molecule has 1 rings (SSSR count). The molecule has 8 heteroatoms. The summed E-state index contributed by atoms with van der Waals surface area (Å²) in [6.45, 7) is 1.26. The number of aliphatic hydroxyl groups excluding tert-OH is 2. The maximum absolute atomic E-state index is 10.7. The zero-order valence-corrected chi connectivity index (χ0v) is 9.04. The first-order chi connectivity index (χ1) is 7.47. The second kappa shape index (κ2) is 4.90. The summed E-state index contributed by atoms with van der Waals surface area (Å²) in [5.74, 6) is 0.424. The summed E-state index contributed by atoms with van der Waals surface area (Å²) < 4.78 is 1.52. The minimum Gasteiger partial charge on any atom is -0.394 e. The first-order valence-electron chi connectivity index (χ1n) is 4.67.